The van der Waals surface area contributed by atoms with E-state index in [4.69, 9.17) is 0 Å². The van der Waals surface area contributed by atoms with Crippen molar-refractivity contribution in [3.8, 4) is 0 Å². The summed E-state index contributed by atoms with van der Waals surface area (Å²) in [6.45, 7) is 2.22. The van der Waals surface area contributed by atoms with Crippen molar-refractivity contribution in [3.63, 3.8) is 0 Å². The number of carbonyl (C=O) groups excluding carboxylic acids is 1. The van der Waals surface area contributed by atoms with Gasteiger partial charge in [-0.05, 0) is 5.56 Å². The van der Waals surface area contributed by atoms with Crippen LogP contribution in [-0.4, -0.2) is 15.5 Å². The summed E-state index contributed by atoms with van der Waals surface area (Å²) in [5.74, 6) is -1.74. The molecule has 0 aliphatic carbocycles. The lowest BCUT2D eigenvalue weighted by Gasteiger charge is -2.15. The molecule has 0 spiro atoms. The molecule has 0 saturated carbocycles. The summed E-state index contributed by atoms with van der Waals surface area (Å²) in [4.78, 5) is 14.8. The molecule has 4 nitrogen and oxygen atoms in total. The van der Waals surface area contributed by atoms with Crippen LogP contribution in [0.25, 0.3) is 0 Å². The average molecular weight is 229 g/mol. The first-order valence-corrected chi connectivity index (χ1v) is 5.43. The second kappa shape index (κ2) is 4.82. The van der Waals surface area contributed by atoms with Gasteiger partial charge in [0.15, 0.2) is 0 Å². The molecule has 1 heterocycles. The van der Waals surface area contributed by atoms with E-state index in [2.05, 4.69) is 4.98 Å². The Kier molecular flexibility index (Phi) is 3.23. The Balaban J connectivity index is 2.23. The molecule has 17 heavy (non-hydrogen) atoms. The van der Waals surface area contributed by atoms with Crippen LogP contribution in [0.1, 0.15) is 24.1 Å². The van der Waals surface area contributed by atoms with Gasteiger partial charge in [0.2, 0.25) is 0 Å². The molecule has 0 amide bonds. The summed E-state index contributed by atoms with van der Waals surface area (Å²) in [5, 5.41) is 10.9. The number of imidazole rings is 1. The molecule has 1 aromatic heterocycles. The van der Waals surface area contributed by atoms with Crippen LogP contribution >= 0.6 is 0 Å². The molecule has 2 aromatic rings. The Hall–Kier alpha value is -2.10. The second-order valence-corrected chi connectivity index (χ2v) is 3.97. The third kappa shape index (κ3) is 2.53. The zero-order valence-electron chi connectivity index (χ0n) is 9.54. The van der Waals surface area contributed by atoms with Gasteiger partial charge in [0.05, 0.1) is 12.3 Å². The number of aromatic nitrogens is 2. The van der Waals surface area contributed by atoms with Gasteiger partial charge in [-0.15, -0.1) is 0 Å². The predicted octanol–water partition coefficient (Wildman–Crippen LogP) is 0.785. The molecule has 0 aliphatic heterocycles. The Labute approximate surface area is 99.5 Å². The lowest BCUT2D eigenvalue weighted by molar-refractivity contribution is -0.307. The van der Waals surface area contributed by atoms with Gasteiger partial charge in [-0.25, -0.2) is 4.98 Å². The molecule has 1 unspecified atom stereocenters. The molecule has 0 aliphatic rings. The molecule has 4 heteroatoms. The minimum absolute atomic E-state index is 0.619. The van der Waals surface area contributed by atoms with Crippen molar-refractivity contribution >= 4 is 5.97 Å². The highest BCUT2D eigenvalue weighted by molar-refractivity contribution is 5.72. The SMILES string of the molecule is CC(C(=O)[O-])c1cncn1Cc1ccccc1. The minimum atomic E-state index is -1.08. The van der Waals surface area contributed by atoms with Crippen molar-refractivity contribution in [2.75, 3.05) is 0 Å². The molecule has 1 aromatic carbocycles. The Morgan fingerprint density at radius 1 is 1.41 bits per heavy atom. The third-order valence-corrected chi connectivity index (χ3v) is 2.74. The molecule has 0 saturated heterocycles. The maximum Gasteiger partial charge on any atom is 0.0951 e. The molecular weight excluding hydrogens is 216 g/mol. The maximum atomic E-state index is 10.9. The molecular formula is C13H13N2O2-. The monoisotopic (exact) mass is 229 g/mol. The van der Waals surface area contributed by atoms with Gasteiger partial charge in [-0.3, -0.25) is 0 Å². The number of benzene rings is 1. The molecule has 1 atom stereocenters. The first-order chi connectivity index (χ1) is 8.18. The van der Waals surface area contributed by atoms with E-state index in [1.54, 1.807) is 19.4 Å². The zero-order valence-corrected chi connectivity index (χ0v) is 9.54. The van der Waals surface area contributed by atoms with Gasteiger partial charge in [-0.1, -0.05) is 37.3 Å². The number of carboxylic acid groups (broad SMARTS) is 1. The molecule has 0 N–H and O–H groups in total. The van der Waals surface area contributed by atoms with E-state index in [0.717, 1.165) is 5.56 Å². The smallest absolute Gasteiger partial charge is 0.0951 e. The summed E-state index contributed by atoms with van der Waals surface area (Å²) in [6.07, 6.45) is 3.21. The van der Waals surface area contributed by atoms with E-state index in [1.807, 2.05) is 34.9 Å². The van der Waals surface area contributed by atoms with E-state index in [9.17, 15) is 9.90 Å². The predicted molar refractivity (Wildman–Crippen MR) is 61.2 cm³/mol. The van der Waals surface area contributed by atoms with E-state index < -0.39 is 11.9 Å². The van der Waals surface area contributed by atoms with E-state index >= 15 is 0 Å². The van der Waals surface area contributed by atoms with Crippen LogP contribution in [0.15, 0.2) is 42.9 Å². The normalized spacial score (nSPS) is 12.3. The number of carbonyl (C=O) groups is 1. The van der Waals surface area contributed by atoms with Gasteiger partial charge >= 0.3 is 0 Å². The van der Waals surface area contributed by atoms with E-state index in [0.29, 0.717) is 12.2 Å². The summed E-state index contributed by atoms with van der Waals surface area (Å²) >= 11 is 0. The topological polar surface area (TPSA) is 57.9 Å². The second-order valence-electron chi connectivity index (χ2n) is 3.97. The number of carboxylic acids is 1. The Morgan fingerprint density at radius 2 is 2.12 bits per heavy atom. The molecule has 88 valence electrons. The number of hydrogen-bond acceptors (Lipinski definition) is 3. The van der Waals surface area contributed by atoms with Crippen LogP contribution in [-0.2, 0) is 11.3 Å². The molecule has 0 radical (unpaired) electrons. The minimum Gasteiger partial charge on any atom is -0.549 e. The average Bonchev–Trinajstić information content (AvgIpc) is 2.77. The van der Waals surface area contributed by atoms with E-state index in [1.165, 1.54) is 0 Å². The van der Waals surface area contributed by atoms with Crippen LogP contribution in [0.2, 0.25) is 0 Å². The van der Waals surface area contributed by atoms with Gasteiger partial charge < -0.3 is 14.5 Å². The van der Waals surface area contributed by atoms with Gasteiger partial charge in [0.1, 0.15) is 0 Å². The Bertz CT molecular complexity index is 505. The highest BCUT2D eigenvalue weighted by Crippen LogP contribution is 2.15. The van der Waals surface area contributed by atoms with Gasteiger partial charge in [-0.2, -0.15) is 0 Å². The van der Waals surface area contributed by atoms with Crippen molar-refractivity contribution < 1.29 is 9.90 Å². The van der Waals surface area contributed by atoms with Crippen molar-refractivity contribution in [2.24, 2.45) is 0 Å². The summed E-state index contributed by atoms with van der Waals surface area (Å²) in [5.41, 5.74) is 1.77. The van der Waals surface area contributed by atoms with Crippen LogP contribution in [0, 0.1) is 0 Å². The largest absolute Gasteiger partial charge is 0.549 e. The summed E-state index contributed by atoms with van der Waals surface area (Å²) < 4.78 is 1.83. The van der Waals surface area contributed by atoms with Crippen molar-refractivity contribution in [1.29, 1.82) is 0 Å². The standard InChI is InChI=1S/C13H14N2O2/c1-10(13(16)17)12-7-14-9-15(12)8-11-5-3-2-4-6-11/h2-7,9-10H,8H2,1H3,(H,16,17)/p-1. The number of nitrogens with zero attached hydrogens (tertiary/aromatic N) is 2. The fraction of sp³-hybridized carbons (Fsp3) is 0.231. The third-order valence-electron chi connectivity index (χ3n) is 2.74. The number of aliphatic carboxylic acids is 1. The summed E-state index contributed by atoms with van der Waals surface area (Å²) in [7, 11) is 0. The first kappa shape index (κ1) is 11.4. The van der Waals surface area contributed by atoms with Crippen molar-refractivity contribution in [1.82, 2.24) is 9.55 Å². The molecule has 0 fully saturated rings. The fourth-order valence-corrected chi connectivity index (χ4v) is 1.72. The van der Waals surface area contributed by atoms with Gasteiger partial charge in [0, 0.05) is 24.4 Å². The summed E-state index contributed by atoms with van der Waals surface area (Å²) in [6, 6.07) is 9.84. The van der Waals surface area contributed by atoms with Crippen molar-refractivity contribution in [2.45, 2.75) is 19.4 Å². The highest BCUT2D eigenvalue weighted by atomic mass is 16.4. The van der Waals surface area contributed by atoms with E-state index in [-0.39, 0.29) is 0 Å². The van der Waals surface area contributed by atoms with Gasteiger partial charge in [0.25, 0.3) is 0 Å². The first-order valence-electron chi connectivity index (χ1n) is 5.43. The van der Waals surface area contributed by atoms with Crippen LogP contribution in [0.4, 0.5) is 0 Å². The molecule has 0 bridgehead atoms. The lowest BCUT2D eigenvalue weighted by Crippen LogP contribution is -2.29. The van der Waals surface area contributed by atoms with Crippen LogP contribution in [0.3, 0.4) is 0 Å². The lowest BCUT2D eigenvalue weighted by atomic mass is 10.1. The fourth-order valence-electron chi connectivity index (χ4n) is 1.72. The number of rotatable bonds is 4. The van der Waals surface area contributed by atoms with Crippen molar-refractivity contribution in [3.05, 3.63) is 54.1 Å². The van der Waals surface area contributed by atoms with Crippen LogP contribution in [0.5, 0.6) is 0 Å². The quantitative estimate of drug-likeness (QED) is 0.778. The number of hydrogen-bond donors (Lipinski definition) is 0. The maximum absolute atomic E-state index is 10.9. The highest BCUT2D eigenvalue weighted by Gasteiger charge is 2.11. The molecule has 2 rings (SSSR count). The van der Waals surface area contributed by atoms with Crippen LogP contribution < -0.4 is 5.11 Å². The Morgan fingerprint density at radius 3 is 2.76 bits per heavy atom. The zero-order chi connectivity index (χ0) is 12.3.